The molecule has 3 heterocycles. The van der Waals surface area contributed by atoms with Gasteiger partial charge in [-0.15, -0.1) is 0 Å². The van der Waals surface area contributed by atoms with Gasteiger partial charge in [-0.3, -0.25) is 4.79 Å². The molecule has 9 aromatic carbocycles. The average molecular weight is 1310 g/mol. The zero-order valence-corrected chi connectivity index (χ0v) is 59.7. The predicted molar refractivity (Wildman–Crippen MR) is 406 cm³/mol. The van der Waals surface area contributed by atoms with Gasteiger partial charge in [0.2, 0.25) is 5.91 Å². The van der Waals surface area contributed by atoms with Crippen molar-refractivity contribution in [3.05, 3.63) is 233 Å². The summed E-state index contributed by atoms with van der Waals surface area (Å²) in [5, 5.41) is 24.7. The number of carbonyl (C=O) groups is 1. The fourth-order valence-corrected chi connectivity index (χ4v) is 13.1. The lowest BCUT2D eigenvalue weighted by Gasteiger charge is -2.33. The van der Waals surface area contributed by atoms with E-state index in [1.54, 1.807) is 47.7 Å². The third-order valence-electron chi connectivity index (χ3n) is 18.2. The second-order valence-electron chi connectivity index (χ2n) is 24.2. The molecule has 13 nitrogen and oxygen atoms in total. The summed E-state index contributed by atoms with van der Waals surface area (Å²) in [7, 11) is 8.33. The normalized spacial score (nSPS) is 16.6. The summed E-state index contributed by atoms with van der Waals surface area (Å²) in [4.78, 5) is 29.4. The van der Waals surface area contributed by atoms with E-state index < -0.39 is 5.91 Å². The van der Waals surface area contributed by atoms with E-state index in [4.69, 9.17) is 35.0 Å². The number of amides is 1. The lowest BCUT2D eigenvalue weighted by atomic mass is 9.88. The maximum atomic E-state index is 11.3. The molecule has 0 spiro atoms. The SMILES string of the molecule is CC.CC.CC.CO/N=C(/c1ccc2cc(OC)ccc2c1)C1CCCN(CCc2ccc(C(N)=O)cc2)C1.CO/N=C(/c1ccc2cc(OC)ccc2c1)C1CCCN(CCc2ccccc2)C1.COc1ccc2cc(C(=N)C3CCCN(CCc4ccccc4)C3)ccc2c1. The van der Waals surface area contributed by atoms with Crippen LogP contribution in [-0.2, 0) is 28.9 Å². The van der Waals surface area contributed by atoms with E-state index in [-0.39, 0.29) is 0 Å². The Morgan fingerprint density at radius 2 is 0.711 bits per heavy atom. The molecule has 97 heavy (non-hydrogen) atoms. The molecule has 0 radical (unpaired) electrons. The molecule has 3 fully saturated rings. The molecule has 0 aromatic heterocycles. The Balaban J connectivity index is 0.000000198. The smallest absolute Gasteiger partial charge is 0.248 e. The number of rotatable bonds is 21. The second kappa shape index (κ2) is 40.6. The lowest BCUT2D eigenvalue weighted by molar-refractivity contribution is 0.1000. The van der Waals surface area contributed by atoms with E-state index in [1.807, 2.05) is 77.9 Å². The minimum absolute atomic E-state index is 0.312. The summed E-state index contributed by atoms with van der Waals surface area (Å²) in [6.45, 7) is 21.5. The number of primary amides is 1. The van der Waals surface area contributed by atoms with Crippen molar-refractivity contribution in [3.8, 4) is 17.2 Å². The number of likely N-dealkylation sites (tertiary alicyclic amines) is 3. The largest absolute Gasteiger partial charge is 0.497 e. The summed E-state index contributed by atoms with van der Waals surface area (Å²) in [5.41, 5.74) is 16.0. The molecule has 0 saturated carbocycles. The van der Waals surface area contributed by atoms with Crippen LogP contribution in [-0.4, -0.2) is 132 Å². The number of nitrogens with one attached hydrogen (secondary N) is 1. The zero-order valence-electron chi connectivity index (χ0n) is 59.7. The van der Waals surface area contributed by atoms with Gasteiger partial charge in [0.15, 0.2) is 0 Å². The molecule has 0 bridgehead atoms. The Hall–Kier alpha value is -8.88. The lowest BCUT2D eigenvalue weighted by Crippen LogP contribution is -2.40. The molecule has 3 aliphatic heterocycles. The molecule has 3 N–H and O–H groups in total. The number of hydrogen-bond donors (Lipinski definition) is 2. The number of fused-ring (bicyclic) bond motifs is 3. The van der Waals surface area contributed by atoms with Crippen molar-refractivity contribution in [1.82, 2.24) is 14.7 Å². The molecule has 9 aromatic rings. The van der Waals surface area contributed by atoms with Crippen LogP contribution in [0.2, 0.25) is 0 Å². The first-order valence-electron chi connectivity index (χ1n) is 35.3. The number of benzene rings is 9. The first-order valence-corrected chi connectivity index (χ1v) is 35.3. The Morgan fingerprint density at radius 3 is 1.07 bits per heavy atom. The van der Waals surface area contributed by atoms with Crippen LogP contribution < -0.4 is 19.9 Å². The molecule has 1 amide bonds. The van der Waals surface area contributed by atoms with Crippen molar-refractivity contribution in [1.29, 1.82) is 5.41 Å². The molecule has 3 saturated heterocycles. The molecule has 0 aliphatic carbocycles. The predicted octanol–water partition coefficient (Wildman–Crippen LogP) is 17.7. The fourth-order valence-electron chi connectivity index (χ4n) is 13.1. The van der Waals surface area contributed by atoms with Crippen LogP contribution >= 0.6 is 0 Å². The quantitative estimate of drug-likeness (QED) is 0.0530. The summed E-state index contributed by atoms with van der Waals surface area (Å²) in [5.74, 6) is 3.22. The number of nitrogens with two attached hydrogens (primary N) is 1. The topological polar surface area (TPSA) is 148 Å². The van der Waals surface area contributed by atoms with E-state index in [1.165, 1.54) is 45.7 Å². The molecule has 13 heteroatoms. The van der Waals surface area contributed by atoms with Crippen molar-refractivity contribution in [2.75, 3.05) is 94.5 Å². The third kappa shape index (κ3) is 22.3. The summed E-state index contributed by atoms with van der Waals surface area (Å²) in [6.07, 6.45) is 9.93. The van der Waals surface area contributed by atoms with E-state index in [0.29, 0.717) is 23.3 Å². The van der Waals surface area contributed by atoms with Gasteiger partial charge in [-0.2, -0.15) is 0 Å². The standard InChI is InChI=1S/C27H31N3O3.C26H30N2O2.C25H28N2O.3C2H6/c1-32-25-12-11-21-16-23(10-9-22(21)17-25)26(29-33-2)24-4-3-14-30(18-24)15-13-19-5-7-20(8-6-19)27(28)31;1-29-25-13-12-21-17-23(11-10-22(21)18-25)26(27-30-2)24-9-6-15-28(19-24)16-14-20-7-4-3-5-8-20;1-28-24-12-11-20-16-22(10-9-21(20)17-24)25(26)23-8-5-14-27(18-23)15-13-19-6-3-2-4-7-19;3*1-2/h5-12,16-17,24H,3-4,13-15,18H2,1-2H3,(H2,28,31);3-5,7-8,10-13,17-18,24H,6,9,14-16,19H2,1-2H3;2-4,6-7,9-12,16-17,23,26H,5,8,13-15,18H2,1H3;3*1-2H3/b29-26-;27-26-;;;;. The Bertz CT molecular complexity index is 3900. The van der Waals surface area contributed by atoms with E-state index in [2.05, 4.69) is 171 Å². The molecular formula is C84H107N7O6. The zero-order chi connectivity index (χ0) is 69.3. The average Bonchev–Trinajstić information content (AvgIpc) is 0.859. The van der Waals surface area contributed by atoms with E-state index in [0.717, 1.165) is 171 Å². The van der Waals surface area contributed by atoms with Crippen LogP contribution in [0.4, 0.5) is 0 Å². The van der Waals surface area contributed by atoms with Gasteiger partial charge in [-0.25, -0.2) is 0 Å². The summed E-state index contributed by atoms with van der Waals surface area (Å²) >= 11 is 0. The third-order valence-corrected chi connectivity index (χ3v) is 18.2. The molecular weight excluding hydrogens is 1200 g/mol. The molecule has 514 valence electrons. The molecule has 3 atom stereocenters. The van der Waals surface area contributed by atoms with Crippen molar-refractivity contribution in [3.63, 3.8) is 0 Å². The molecule has 3 unspecified atom stereocenters. The van der Waals surface area contributed by atoms with Crippen LogP contribution in [0.1, 0.15) is 124 Å². The van der Waals surface area contributed by atoms with Crippen molar-refractivity contribution in [2.45, 2.75) is 99.3 Å². The molecule has 12 rings (SSSR count). The summed E-state index contributed by atoms with van der Waals surface area (Å²) < 4.78 is 16.0. The van der Waals surface area contributed by atoms with Gasteiger partial charge in [0.25, 0.3) is 0 Å². The minimum Gasteiger partial charge on any atom is -0.497 e. The number of oxime groups is 2. The van der Waals surface area contributed by atoms with Crippen LogP contribution in [0.5, 0.6) is 17.2 Å². The van der Waals surface area contributed by atoms with Gasteiger partial charge >= 0.3 is 0 Å². The monoisotopic (exact) mass is 1310 g/mol. The number of nitrogens with zero attached hydrogens (tertiary/aromatic N) is 5. The number of carbonyl (C=O) groups excluding carboxylic acids is 1. The van der Waals surface area contributed by atoms with E-state index in [9.17, 15) is 4.79 Å². The maximum Gasteiger partial charge on any atom is 0.248 e. The van der Waals surface area contributed by atoms with Crippen LogP contribution in [0.15, 0.2) is 204 Å². The van der Waals surface area contributed by atoms with Crippen LogP contribution in [0, 0.1) is 23.2 Å². The second-order valence-corrected chi connectivity index (χ2v) is 24.2. The van der Waals surface area contributed by atoms with Gasteiger partial charge in [0.05, 0.1) is 32.8 Å². The number of hydrogen-bond acceptors (Lipinski definition) is 12. The highest BCUT2D eigenvalue weighted by atomic mass is 16.6. The van der Waals surface area contributed by atoms with Gasteiger partial charge in [-0.05, 0) is 199 Å². The van der Waals surface area contributed by atoms with Gasteiger partial charge in [0, 0.05) is 79.4 Å². The maximum absolute atomic E-state index is 11.3. The highest BCUT2D eigenvalue weighted by Gasteiger charge is 2.29. The fraction of sp³-hybridized carbons (Fsp3) is 0.381. The van der Waals surface area contributed by atoms with Crippen LogP contribution in [0.3, 0.4) is 0 Å². The minimum atomic E-state index is -0.391. The van der Waals surface area contributed by atoms with Crippen LogP contribution in [0.25, 0.3) is 32.3 Å². The number of piperidine rings is 3. The first-order chi connectivity index (χ1) is 47.6. The van der Waals surface area contributed by atoms with Gasteiger partial charge in [0.1, 0.15) is 31.5 Å². The highest BCUT2D eigenvalue weighted by molar-refractivity contribution is 6.06. The van der Waals surface area contributed by atoms with Crippen molar-refractivity contribution < 1.29 is 28.7 Å². The first kappa shape index (κ1) is 75.5. The summed E-state index contributed by atoms with van der Waals surface area (Å²) in [6, 6.07) is 66.7. The highest BCUT2D eigenvalue weighted by Crippen LogP contribution is 2.31. The Labute approximate surface area is 579 Å². The Morgan fingerprint density at radius 1 is 0.402 bits per heavy atom. The number of ether oxygens (including phenoxy) is 3. The van der Waals surface area contributed by atoms with Crippen molar-refractivity contribution >= 4 is 55.4 Å². The molecule has 3 aliphatic rings. The van der Waals surface area contributed by atoms with Gasteiger partial charge < -0.3 is 49.7 Å². The van der Waals surface area contributed by atoms with Gasteiger partial charge in [-0.1, -0.05) is 179 Å². The van der Waals surface area contributed by atoms with Crippen molar-refractivity contribution in [2.24, 2.45) is 33.8 Å². The van der Waals surface area contributed by atoms with E-state index >= 15 is 0 Å². The number of methoxy groups -OCH3 is 3. The Kier molecular flexibility index (Phi) is 31.6.